The molecule has 70 valence electrons. The lowest BCUT2D eigenvalue weighted by molar-refractivity contribution is 0.582. The maximum absolute atomic E-state index is 13.2. The summed E-state index contributed by atoms with van der Waals surface area (Å²) in [6, 6.07) is 3.59. The molecule has 1 nitrogen and oxygen atoms in total. The highest BCUT2D eigenvalue weighted by molar-refractivity contribution is 5.28. The van der Waals surface area contributed by atoms with E-state index in [-0.39, 0.29) is 17.6 Å². The predicted octanol–water partition coefficient (Wildman–Crippen LogP) is 2.03. The summed E-state index contributed by atoms with van der Waals surface area (Å²) in [5.74, 6) is -0.210. The van der Waals surface area contributed by atoms with Gasteiger partial charge in [0.25, 0.3) is 0 Å². The maximum Gasteiger partial charge on any atom is 0.126 e. The zero-order valence-corrected chi connectivity index (χ0v) is 7.13. The van der Waals surface area contributed by atoms with Crippen LogP contribution in [0.15, 0.2) is 18.2 Å². The summed E-state index contributed by atoms with van der Waals surface area (Å²) in [5, 5.41) is 0. The fraction of sp³-hybridized carbons (Fsp3) is 0.400. The zero-order valence-electron chi connectivity index (χ0n) is 7.13. The normalized spacial score (nSPS) is 26.1. The van der Waals surface area contributed by atoms with Crippen molar-refractivity contribution >= 4 is 0 Å². The van der Waals surface area contributed by atoms with E-state index in [0.29, 0.717) is 18.0 Å². The molecule has 0 saturated heterocycles. The minimum atomic E-state index is -0.376. The number of rotatable bonds is 2. The molecule has 1 saturated carbocycles. The number of hydrogen-bond acceptors (Lipinski definition) is 1. The largest absolute Gasteiger partial charge is 0.330 e. The van der Waals surface area contributed by atoms with Crippen LogP contribution in [0.3, 0.4) is 0 Å². The van der Waals surface area contributed by atoms with Crippen LogP contribution in [0.4, 0.5) is 8.78 Å². The standard InChI is InChI=1S/C10H11F2N/c11-7-1-2-10(12)9(4-7)8-3-6(8)5-13/h1-2,4,6,8H,3,5,13H2/t6-,8-/m0/s1. The van der Waals surface area contributed by atoms with Crippen LogP contribution in [-0.2, 0) is 0 Å². The second-order valence-corrected chi connectivity index (χ2v) is 3.50. The van der Waals surface area contributed by atoms with E-state index in [0.717, 1.165) is 12.5 Å². The third-order valence-corrected chi connectivity index (χ3v) is 2.58. The van der Waals surface area contributed by atoms with Crippen molar-refractivity contribution < 1.29 is 8.78 Å². The van der Waals surface area contributed by atoms with Gasteiger partial charge in [0.05, 0.1) is 0 Å². The molecule has 1 fully saturated rings. The van der Waals surface area contributed by atoms with Crippen LogP contribution in [0.25, 0.3) is 0 Å². The molecule has 0 spiro atoms. The molecule has 1 aromatic carbocycles. The van der Waals surface area contributed by atoms with Gasteiger partial charge in [0, 0.05) is 0 Å². The van der Waals surface area contributed by atoms with Crippen LogP contribution >= 0.6 is 0 Å². The summed E-state index contributed by atoms with van der Waals surface area (Å²) >= 11 is 0. The maximum atomic E-state index is 13.2. The second kappa shape index (κ2) is 3.07. The molecule has 2 N–H and O–H groups in total. The van der Waals surface area contributed by atoms with Crippen molar-refractivity contribution in [1.29, 1.82) is 0 Å². The molecular formula is C10H11F2N. The molecule has 0 radical (unpaired) electrons. The van der Waals surface area contributed by atoms with E-state index in [1.807, 2.05) is 0 Å². The molecule has 13 heavy (non-hydrogen) atoms. The first kappa shape index (κ1) is 8.63. The highest BCUT2D eigenvalue weighted by Gasteiger charge is 2.38. The molecule has 2 rings (SSSR count). The van der Waals surface area contributed by atoms with Gasteiger partial charge in [-0.2, -0.15) is 0 Å². The second-order valence-electron chi connectivity index (χ2n) is 3.50. The highest BCUT2D eigenvalue weighted by atomic mass is 19.1. The highest BCUT2D eigenvalue weighted by Crippen LogP contribution is 2.47. The fourth-order valence-electron chi connectivity index (χ4n) is 1.69. The summed E-state index contributed by atoms with van der Waals surface area (Å²) in [7, 11) is 0. The summed E-state index contributed by atoms with van der Waals surface area (Å²) in [5.41, 5.74) is 5.92. The van der Waals surface area contributed by atoms with Gasteiger partial charge in [0.2, 0.25) is 0 Å². The lowest BCUT2D eigenvalue weighted by Gasteiger charge is -2.01. The van der Waals surface area contributed by atoms with Crippen molar-refractivity contribution in [3.8, 4) is 0 Å². The van der Waals surface area contributed by atoms with E-state index in [4.69, 9.17) is 5.73 Å². The van der Waals surface area contributed by atoms with Crippen molar-refractivity contribution in [1.82, 2.24) is 0 Å². The van der Waals surface area contributed by atoms with Crippen LogP contribution < -0.4 is 5.73 Å². The van der Waals surface area contributed by atoms with Crippen molar-refractivity contribution in [2.45, 2.75) is 12.3 Å². The molecule has 0 heterocycles. The minimum Gasteiger partial charge on any atom is -0.330 e. The van der Waals surface area contributed by atoms with Gasteiger partial charge in [0.15, 0.2) is 0 Å². The number of benzene rings is 1. The van der Waals surface area contributed by atoms with Crippen LogP contribution in [0, 0.1) is 17.6 Å². The molecule has 3 heteroatoms. The van der Waals surface area contributed by atoms with Gasteiger partial charge in [-0.15, -0.1) is 0 Å². The predicted molar refractivity (Wildman–Crippen MR) is 46.3 cm³/mol. The Morgan fingerprint density at radius 1 is 1.38 bits per heavy atom. The Bertz CT molecular complexity index is 325. The Kier molecular flexibility index (Phi) is 2.04. The van der Waals surface area contributed by atoms with Gasteiger partial charge in [0.1, 0.15) is 11.6 Å². The Balaban J connectivity index is 2.25. The molecule has 0 bridgehead atoms. The smallest absolute Gasteiger partial charge is 0.126 e. The quantitative estimate of drug-likeness (QED) is 0.745. The topological polar surface area (TPSA) is 26.0 Å². The molecule has 1 aromatic rings. The van der Waals surface area contributed by atoms with Gasteiger partial charge >= 0.3 is 0 Å². The molecule has 0 aliphatic heterocycles. The lowest BCUT2D eigenvalue weighted by atomic mass is 10.1. The van der Waals surface area contributed by atoms with E-state index < -0.39 is 0 Å². The third kappa shape index (κ3) is 1.56. The van der Waals surface area contributed by atoms with Crippen molar-refractivity contribution in [3.63, 3.8) is 0 Å². The number of halogens is 2. The zero-order chi connectivity index (χ0) is 9.42. The van der Waals surface area contributed by atoms with E-state index in [2.05, 4.69) is 0 Å². The first-order valence-corrected chi connectivity index (χ1v) is 4.37. The van der Waals surface area contributed by atoms with Gasteiger partial charge in [-0.1, -0.05) is 0 Å². The average molecular weight is 183 g/mol. The van der Waals surface area contributed by atoms with Gasteiger partial charge < -0.3 is 5.73 Å². The van der Waals surface area contributed by atoms with E-state index in [9.17, 15) is 8.78 Å². The van der Waals surface area contributed by atoms with Gasteiger partial charge in [-0.25, -0.2) is 8.78 Å². The van der Waals surface area contributed by atoms with Crippen molar-refractivity contribution in [2.24, 2.45) is 11.7 Å². The van der Waals surface area contributed by atoms with Crippen LogP contribution in [0.5, 0.6) is 0 Å². The molecule has 1 aliphatic rings. The molecular weight excluding hydrogens is 172 g/mol. The van der Waals surface area contributed by atoms with Crippen LogP contribution in [-0.4, -0.2) is 6.54 Å². The summed E-state index contributed by atoms with van der Waals surface area (Å²) < 4.78 is 25.9. The SMILES string of the molecule is NC[C@@H]1C[C@@H]1c1cc(F)ccc1F. The molecule has 0 unspecified atom stereocenters. The Morgan fingerprint density at radius 3 is 2.77 bits per heavy atom. The van der Waals surface area contributed by atoms with E-state index in [1.165, 1.54) is 12.1 Å². The minimum absolute atomic E-state index is 0.140. The Labute approximate surface area is 75.6 Å². The fourth-order valence-corrected chi connectivity index (χ4v) is 1.69. The van der Waals surface area contributed by atoms with E-state index in [1.54, 1.807) is 0 Å². The monoisotopic (exact) mass is 183 g/mol. The van der Waals surface area contributed by atoms with Crippen molar-refractivity contribution in [3.05, 3.63) is 35.4 Å². The molecule has 0 aromatic heterocycles. The van der Waals surface area contributed by atoms with Gasteiger partial charge in [-0.05, 0) is 48.6 Å². The summed E-state index contributed by atoms with van der Waals surface area (Å²) in [4.78, 5) is 0. The van der Waals surface area contributed by atoms with Crippen LogP contribution in [0.2, 0.25) is 0 Å². The first-order chi connectivity index (χ1) is 6.22. The lowest BCUT2D eigenvalue weighted by Crippen LogP contribution is -2.02. The van der Waals surface area contributed by atoms with E-state index >= 15 is 0 Å². The molecule has 2 atom stereocenters. The molecule has 0 amide bonds. The Hall–Kier alpha value is -0.960. The average Bonchev–Trinajstić information content (AvgIpc) is 2.88. The third-order valence-electron chi connectivity index (χ3n) is 2.58. The summed E-state index contributed by atoms with van der Waals surface area (Å²) in [6.07, 6.45) is 0.886. The molecule has 1 aliphatic carbocycles. The summed E-state index contributed by atoms with van der Waals surface area (Å²) in [6.45, 7) is 0.556. The van der Waals surface area contributed by atoms with Gasteiger partial charge in [-0.3, -0.25) is 0 Å². The first-order valence-electron chi connectivity index (χ1n) is 4.37. The van der Waals surface area contributed by atoms with Crippen LogP contribution in [0.1, 0.15) is 17.9 Å². The number of nitrogens with two attached hydrogens (primary N) is 1. The number of hydrogen-bond donors (Lipinski definition) is 1. The Morgan fingerprint density at radius 2 is 2.15 bits per heavy atom. The van der Waals surface area contributed by atoms with Crippen molar-refractivity contribution in [2.75, 3.05) is 6.54 Å².